The van der Waals surface area contributed by atoms with Crippen molar-refractivity contribution in [2.45, 2.75) is 50.9 Å². The number of esters is 1. The Hall–Kier alpha value is -2.99. The van der Waals surface area contributed by atoms with Gasteiger partial charge in [0.05, 0.1) is 6.04 Å². The Morgan fingerprint density at radius 3 is 1.90 bits per heavy atom. The van der Waals surface area contributed by atoms with Gasteiger partial charge in [0, 0.05) is 20.0 Å². The number of nitrogens with zero attached hydrogens (tertiary/aromatic N) is 1. The molecule has 1 aliphatic heterocycles. The van der Waals surface area contributed by atoms with E-state index < -0.39 is 29.1 Å². The highest BCUT2D eigenvalue weighted by atomic mass is 16.6. The number of carbonyl (C=O) groups excluding carboxylic acids is 3. The van der Waals surface area contributed by atoms with Crippen LogP contribution in [0.2, 0.25) is 0 Å². The lowest BCUT2D eigenvalue weighted by Gasteiger charge is -2.42. The maximum absolute atomic E-state index is 13.7. The van der Waals surface area contributed by atoms with Gasteiger partial charge in [0.2, 0.25) is 11.5 Å². The molecule has 0 aliphatic carbocycles. The van der Waals surface area contributed by atoms with Crippen molar-refractivity contribution < 1.29 is 23.9 Å². The average molecular weight is 409 g/mol. The molecule has 2 amide bonds. The number of methoxy groups -OCH3 is 1. The molecule has 6 heteroatoms. The molecule has 1 atom stereocenters. The Bertz CT molecular complexity index is 880. The van der Waals surface area contributed by atoms with Crippen LogP contribution >= 0.6 is 0 Å². The van der Waals surface area contributed by atoms with Gasteiger partial charge in [-0.3, -0.25) is 14.5 Å². The van der Waals surface area contributed by atoms with E-state index in [4.69, 9.17) is 9.47 Å². The van der Waals surface area contributed by atoms with Crippen LogP contribution in [0.25, 0.3) is 0 Å². The zero-order chi connectivity index (χ0) is 21.9. The van der Waals surface area contributed by atoms with Crippen LogP contribution in [-0.4, -0.2) is 41.0 Å². The number of piperidine rings is 1. The van der Waals surface area contributed by atoms with E-state index in [0.717, 1.165) is 16.0 Å². The summed E-state index contributed by atoms with van der Waals surface area (Å²) >= 11 is 0. The first kappa shape index (κ1) is 21.7. The van der Waals surface area contributed by atoms with E-state index in [1.165, 1.54) is 7.11 Å². The Balaban J connectivity index is 2.10. The molecule has 1 fully saturated rings. The van der Waals surface area contributed by atoms with Crippen LogP contribution in [0.15, 0.2) is 60.7 Å². The van der Waals surface area contributed by atoms with Crippen molar-refractivity contribution in [3.05, 3.63) is 71.8 Å². The minimum Gasteiger partial charge on any atom is -0.457 e. The summed E-state index contributed by atoms with van der Waals surface area (Å²) in [7, 11) is 1.30. The smallest absolute Gasteiger partial charge is 0.348 e. The fourth-order valence-electron chi connectivity index (χ4n) is 3.66. The minimum atomic E-state index is -1.86. The molecule has 1 unspecified atom stereocenters. The van der Waals surface area contributed by atoms with E-state index >= 15 is 0 Å². The highest BCUT2D eigenvalue weighted by Gasteiger charge is 2.57. The van der Waals surface area contributed by atoms with Gasteiger partial charge in [0.1, 0.15) is 5.60 Å². The number of ether oxygens (including phenoxy) is 2. The number of amides is 2. The highest BCUT2D eigenvalue weighted by molar-refractivity contribution is 6.14. The molecular formula is C24H27NO5. The van der Waals surface area contributed by atoms with E-state index in [9.17, 15) is 14.4 Å². The van der Waals surface area contributed by atoms with Crippen molar-refractivity contribution in [3.8, 4) is 0 Å². The molecule has 0 aromatic heterocycles. The lowest BCUT2D eigenvalue weighted by atomic mass is 9.87. The summed E-state index contributed by atoms with van der Waals surface area (Å²) in [5.74, 6) is -1.83. The van der Waals surface area contributed by atoms with Crippen LogP contribution < -0.4 is 0 Å². The summed E-state index contributed by atoms with van der Waals surface area (Å²) < 4.78 is 11.0. The fraction of sp³-hybridized carbons (Fsp3) is 0.375. The van der Waals surface area contributed by atoms with Gasteiger partial charge in [-0.1, -0.05) is 60.7 Å². The summed E-state index contributed by atoms with van der Waals surface area (Å²) in [6, 6.07) is 17.9. The molecule has 30 heavy (non-hydrogen) atoms. The van der Waals surface area contributed by atoms with Crippen LogP contribution in [-0.2, 0) is 23.9 Å². The number of hydrogen-bond donors (Lipinski definition) is 0. The first-order valence-electron chi connectivity index (χ1n) is 9.94. The molecule has 158 valence electrons. The maximum Gasteiger partial charge on any atom is 0.348 e. The molecule has 3 rings (SSSR count). The number of rotatable bonds is 5. The van der Waals surface area contributed by atoms with Crippen LogP contribution in [0, 0.1) is 0 Å². The highest BCUT2D eigenvalue weighted by Crippen LogP contribution is 2.37. The molecule has 0 N–H and O–H groups in total. The topological polar surface area (TPSA) is 72.9 Å². The molecule has 1 aliphatic rings. The molecule has 2 aromatic rings. The average Bonchev–Trinajstić information content (AvgIpc) is 2.71. The quantitative estimate of drug-likeness (QED) is 0.428. The van der Waals surface area contributed by atoms with Gasteiger partial charge in [-0.15, -0.1) is 0 Å². The molecule has 0 saturated carbocycles. The Morgan fingerprint density at radius 2 is 1.47 bits per heavy atom. The predicted molar refractivity (Wildman–Crippen MR) is 111 cm³/mol. The van der Waals surface area contributed by atoms with Crippen molar-refractivity contribution in [3.63, 3.8) is 0 Å². The van der Waals surface area contributed by atoms with E-state index in [1.54, 1.807) is 20.8 Å². The van der Waals surface area contributed by atoms with E-state index in [-0.39, 0.29) is 18.7 Å². The first-order chi connectivity index (χ1) is 14.2. The van der Waals surface area contributed by atoms with Gasteiger partial charge < -0.3 is 9.47 Å². The molecule has 0 spiro atoms. The van der Waals surface area contributed by atoms with Crippen LogP contribution in [0.3, 0.4) is 0 Å². The number of likely N-dealkylation sites (tertiary alicyclic amines) is 1. The van der Waals surface area contributed by atoms with Crippen molar-refractivity contribution in [1.82, 2.24) is 4.90 Å². The number of imide groups is 1. The largest absolute Gasteiger partial charge is 0.457 e. The molecular weight excluding hydrogens is 382 g/mol. The number of hydrogen-bond acceptors (Lipinski definition) is 5. The summed E-state index contributed by atoms with van der Waals surface area (Å²) in [4.78, 5) is 40.9. The second-order valence-corrected chi connectivity index (χ2v) is 8.33. The number of carbonyl (C=O) groups is 3. The van der Waals surface area contributed by atoms with E-state index in [2.05, 4.69) is 0 Å². The Morgan fingerprint density at radius 1 is 0.967 bits per heavy atom. The summed E-state index contributed by atoms with van der Waals surface area (Å²) in [5.41, 5.74) is -1.13. The van der Waals surface area contributed by atoms with Gasteiger partial charge in [0.15, 0.2) is 0 Å². The second kappa shape index (κ2) is 8.40. The SMILES string of the molecule is COC1(C(=O)OC(C)(C)C)CCC(=O)N(C(c2ccccc2)c2ccccc2)C1=O. The maximum atomic E-state index is 13.7. The summed E-state index contributed by atoms with van der Waals surface area (Å²) in [6.45, 7) is 5.17. The third kappa shape index (κ3) is 4.14. The molecule has 2 aromatic carbocycles. The van der Waals surface area contributed by atoms with E-state index in [0.29, 0.717) is 0 Å². The standard InChI is InChI=1S/C24H27NO5/c1-23(2,3)30-22(28)24(29-4)16-15-19(26)25(21(24)27)20(17-11-7-5-8-12-17)18-13-9-6-10-14-18/h5-14,20H,15-16H2,1-4H3. The summed E-state index contributed by atoms with van der Waals surface area (Å²) in [6.07, 6.45) is -0.0577. The molecule has 6 nitrogen and oxygen atoms in total. The van der Waals surface area contributed by atoms with Crippen molar-refractivity contribution >= 4 is 17.8 Å². The zero-order valence-corrected chi connectivity index (χ0v) is 17.8. The Kier molecular flexibility index (Phi) is 6.08. The molecule has 1 saturated heterocycles. The third-order valence-corrected chi connectivity index (χ3v) is 5.09. The van der Waals surface area contributed by atoms with Crippen LogP contribution in [0.4, 0.5) is 0 Å². The minimum absolute atomic E-state index is 0.00497. The van der Waals surface area contributed by atoms with Crippen LogP contribution in [0.1, 0.15) is 50.8 Å². The molecule has 1 heterocycles. The van der Waals surface area contributed by atoms with Gasteiger partial charge in [-0.2, -0.15) is 0 Å². The van der Waals surface area contributed by atoms with Crippen molar-refractivity contribution in [2.24, 2.45) is 0 Å². The lowest BCUT2D eigenvalue weighted by Crippen LogP contribution is -2.62. The van der Waals surface area contributed by atoms with Gasteiger partial charge in [-0.25, -0.2) is 4.79 Å². The Labute approximate surface area is 176 Å². The predicted octanol–water partition coefficient (Wildman–Crippen LogP) is 3.65. The zero-order valence-electron chi connectivity index (χ0n) is 17.8. The van der Waals surface area contributed by atoms with Gasteiger partial charge in [0.25, 0.3) is 5.91 Å². The van der Waals surface area contributed by atoms with Crippen LogP contribution in [0.5, 0.6) is 0 Å². The number of benzene rings is 2. The third-order valence-electron chi connectivity index (χ3n) is 5.09. The van der Waals surface area contributed by atoms with Gasteiger partial charge >= 0.3 is 5.97 Å². The lowest BCUT2D eigenvalue weighted by molar-refractivity contribution is -0.194. The first-order valence-corrected chi connectivity index (χ1v) is 9.94. The van der Waals surface area contributed by atoms with Crippen molar-refractivity contribution in [2.75, 3.05) is 7.11 Å². The summed E-state index contributed by atoms with van der Waals surface area (Å²) in [5, 5.41) is 0. The normalized spacial score (nSPS) is 19.8. The second-order valence-electron chi connectivity index (χ2n) is 8.33. The fourth-order valence-corrected chi connectivity index (χ4v) is 3.66. The van der Waals surface area contributed by atoms with Crippen molar-refractivity contribution in [1.29, 1.82) is 0 Å². The monoisotopic (exact) mass is 409 g/mol. The molecule has 0 bridgehead atoms. The van der Waals surface area contributed by atoms with E-state index in [1.807, 2.05) is 60.7 Å². The molecule has 0 radical (unpaired) electrons. The van der Waals surface area contributed by atoms with Gasteiger partial charge in [-0.05, 0) is 31.9 Å².